The second-order valence-corrected chi connectivity index (χ2v) is 8.10. The van der Waals surface area contributed by atoms with Crippen molar-refractivity contribution in [3.63, 3.8) is 0 Å². The number of nitrogens with one attached hydrogen (secondary N) is 1. The summed E-state index contributed by atoms with van der Waals surface area (Å²) in [6.07, 6.45) is 8.20. The molecule has 4 atom stereocenters. The maximum Gasteiger partial charge on any atom is 0.287 e. The second-order valence-electron chi connectivity index (χ2n) is 8.10. The zero-order valence-electron chi connectivity index (χ0n) is 15.9. The first kappa shape index (κ1) is 17.4. The molecule has 2 aliphatic rings. The highest BCUT2D eigenvalue weighted by Gasteiger charge is 2.39. The third-order valence-electron chi connectivity index (χ3n) is 6.20. The lowest BCUT2D eigenvalue weighted by atomic mass is 9.80. The number of amides is 1. The van der Waals surface area contributed by atoms with Gasteiger partial charge in [0.25, 0.3) is 5.91 Å². The normalized spacial score (nSPS) is 26.9. The molecule has 1 amide bonds. The minimum atomic E-state index is -0.112. The molecule has 5 rings (SSSR count). The molecule has 28 heavy (non-hydrogen) atoms. The number of hydrogen-bond donors (Lipinski definition) is 1. The van der Waals surface area contributed by atoms with Crippen molar-refractivity contribution in [1.82, 2.24) is 15.2 Å². The fourth-order valence-corrected chi connectivity index (χ4v) is 4.88. The topological polar surface area (TPSA) is 58.4 Å². The number of hydrogen-bond acceptors (Lipinski definition) is 4. The molecule has 2 aliphatic heterocycles. The van der Waals surface area contributed by atoms with Crippen LogP contribution < -0.4 is 5.32 Å². The molecule has 5 heteroatoms. The molecule has 4 heterocycles. The number of aromatic nitrogens is 1. The molecule has 2 bridgehead atoms. The molecule has 0 spiro atoms. The lowest BCUT2D eigenvalue weighted by Crippen LogP contribution is -2.60. The molecule has 2 saturated heterocycles. The zero-order valence-corrected chi connectivity index (χ0v) is 15.9. The number of nitrogens with zero attached hydrogens (tertiary/aromatic N) is 2. The van der Waals surface area contributed by atoms with Crippen molar-refractivity contribution in [3.8, 4) is 0 Å². The van der Waals surface area contributed by atoms with Gasteiger partial charge in [-0.1, -0.05) is 24.3 Å². The van der Waals surface area contributed by atoms with E-state index in [1.54, 1.807) is 0 Å². The van der Waals surface area contributed by atoms with Gasteiger partial charge < -0.3 is 9.73 Å². The SMILES string of the molecule is O=C(NC1CC2CCCN(C2)[C@H]1Cc1cccnc1)c1cc2ccccc2o1. The highest BCUT2D eigenvalue weighted by molar-refractivity contribution is 5.96. The molecule has 5 nitrogen and oxygen atoms in total. The Bertz CT molecular complexity index is 935. The highest BCUT2D eigenvalue weighted by Crippen LogP contribution is 2.32. The minimum Gasteiger partial charge on any atom is -0.451 e. The molecule has 1 N–H and O–H groups in total. The summed E-state index contributed by atoms with van der Waals surface area (Å²) < 4.78 is 5.78. The number of benzene rings is 1. The van der Waals surface area contributed by atoms with Crippen molar-refractivity contribution >= 4 is 16.9 Å². The van der Waals surface area contributed by atoms with Crippen molar-refractivity contribution in [2.75, 3.05) is 13.1 Å². The van der Waals surface area contributed by atoms with Crippen LogP contribution in [0.5, 0.6) is 0 Å². The van der Waals surface area contributed by atoms with Crippen molar-refractivity contribution in [3.05, 3.63) is 66.2 Å². The molecule has 0 saturated carbocycles. The fraction of sp³-hybridized carbons (Fsp3) is 0.391. The van der Waals surface area contributed by atoms with E-state index in [-0.39, 0.29) is 11.9 Å². The van der Waals surface area contributed by atoms with E-state index in [9.17, 15) is 4.79 Å². The molecule has 1 aromatic carbocycles. The Balaban J connectivity index is 1.38. The molecule has 0 aliphatic carbocycles. The first-order valence-corrected chi connectivity index (χ1v) is 10.2. The Morgan fingerprint density at radius 3 is 3.04 bits per heavy atom. The highest BCUT2D eigenvalue weighted by atomic mass is 16.3. The third kappa shape index (κ3) is 3.42. The molecule has 2 fully saturated rings. The molecular formula is C23H25N3O2. The summed E-state index contributed by atoms with van der Waals surface area (Å²) in [6.45, 7) is 2.25. The van der Waals surface area contributed by atoms with E-state index < -0.39 is 0 Å². The van der Waals surface area contributed by atoms with E-state index in [0.717, 1.165) is 36.9 Å². The summed E-state index contributed by atoms with van der Waals surface area (Å²) in [5, 5.41) is 4.26. The van der Waals surface area contributed by atoms with Crippen molar-refractivity contribution in [1.29, 1.82) is 0 Å². The summed E-state index contributed by atoms with van der Waals surface area (Å²) in [5.74, 6) is 0.950. The monoisotopic (exact) mass is 375 g/mol. The molecule has 3 aromatic rings. The predicted molar refractivity (Wildman–Crippen MR) is 108 cm³/mol. The smallest absolute Gasteiger partial charge is 0.287 e. The Morgan fingerprint density at radius 2 is 2.18 bits per heavy atom. The van der Waals surface area contributed by atoms with E-state index >= 15 is 0 Å². The van der Waals surface area contributed by atoms with Crippen molar-refractivity contribution in [2.24, 2.45) is 5.92 Å². The van der Waals surface area contributed by atoms with Gasteiger partial charge in [0.1, 0.15) is 5.58 Å². The Kier molecular flexibility index (Phi) is 4.61. The van der Waals surface area contributed by atoms with Crippen LogP contribution in [0, 0.1) is 5.92 Å². The van der Waals surface area contributed by atoms with Gasteiger partial charge in [-0.25, -0.2) is 0 Å². The van der Waals surface area contributed by atoms with Crippen LogP contribution in [0.15, 0.2) is 59.3 Å². The lowest BCUT2D eigenvalue weighted by molar-refractivity contribution is 0.0369. The van der Waals surface area contributed by atoms with Gasteiger partial charge in [-0.05, 0) is 61.9 Å². The number of pyridine rings is 1. The van der Waals surface area contributed by atoms with Gasteiger partial charge in [0.05, 0.1) is 0 Å². The average Bonchev–Trinajstić information content (AvgIpc) is 3.16. The van der Waals surface area contributed by atoms with E-state index in [1.165, 1.54) is 18.4 Å². The quantitative estimate of drug-likeness (QED) is 0.756. The van der Waals surface area contributed by atoms with Gasteiger partial charge in [0.15, 0.2) is 5.76 Å². The zero-order chi connectivity index (χ0) is 18.9. The maximum absolute atomic E-state index is 13.0. The summed E-state index contributed by atoms with van der Waals surface area (Å²) in [5.41, 5.74) is 1.98. The third-order valence-corrected chi connectivity index (χ3v) is 6.20. The number of para-hydroxylation sites is 1. The van der Waals surface area contributed by atoms with Crippen molar-refractivity contribution in [2.45, 2.75) is 37.8 Å². The van der Waals surface area contributed by atoms with Gasteiger partial charge in [0.2, 0.25) is 0 Å². The first-order chi connectivity index (χ1) is 13.8. The summed E-state index contributed by atoms with van der Waals surface area (Å²) in [6, 6.07) is 14.1. The van der Waals surface area contributed by atoms with Gasteiger partial charge in [-0.2, -0.15) is 0 Å². The van der Waals surface area contributed by atoms with Crippen LogP contribution in [0.3, 0.4) is 0 Å². The van der Waals surface area contributed by atoms with Crippen LogP contribution in [0.25, 0.3) is 11.0 Å². The predicted octanol–water partition coefficient (Wildman–Crippen LogP) is 3.65. The van der Waals surface area contributed by atoms with E-state index in [4.69, 9.17) is 4.42 Å². The van der Waals surface area contributed by atoms with Gasteiger partial charge in [-0.3, -0.25) is 14.7 Å². The van der Waals surface area contributed by atoms with E-state index in [1.807, 2.05) is 48.8 Å². The van der Waals surface area contributed by atoms with Crippen LogP contribution >= 0.6 is 0 Å². The second kappa shape index (κ2) is 7.40. The standard InChI is InChI=1S/C23H25N3O2/c27-23(22-13-18-7-1-2-8-21(18)28-22)25-19-11-17-6-4-10-26(15-17)20(19)12-16-5-3-9-24-14-16/h1-3,5,7-9,13-14,17,19-20H,4,6,10-12,15H2,(H,25,27)/t17?,19?,20-/m0/s1. The average molecular weight is 375 g/mol. The number of fused-ring (bicyclic) bond motifs is 3. The first-order valence-electron chi connectivity index (χ1n) is 10.2. The largest absolute Gasteiger partial charge is 0.451 e. The van der Waals surface area contributed by atoms with Crippen LogP contribution in [0.1, 0.15) is 35.4 Å². The molecular weight excluding hydrogens is 350 g/mol. The Hall–Kier alpha value is -2.66. The van der Waals surface area contributed by atoms with Gasteiger partial charge in [0, 0.05) is 36.4 Å². The van der Waals surface area contributed by atoms with Crippen LogP contribution in [0.2, 0.25) is 0 Å². The van der Waals surface area contributed by atoms with E-state index in [2.05, 4.69) is 21.3 Å². The van der Waals surface area contributed by atoms with Crippen LogP contribution in [0.4, 0.5) is 0 Å². The number of carbonyl (C=O) groups excluding carboxylic acids is 1. The Morgan fingerprint density at radius 1 is 1.25 bits per heavy atom. The minimum absolute atomic E-state index is 0.112. The molecule has 3 unspecified atom stereocenters. The maximum atomic E-state index is 13.0. The summed E-state index contributed by atoms with van der Waals surface area (Å²) in [4.78, 5) is 19.8. The lowest BCUT2D eigenvalue weighted by Gasteiger charge is -2.48. The fourth-order valence-electron chi connectivity index (χ4n) is 4.88. The van der Waals surface area contributed by atoms with Crippen LogP contribution in [-0.4, -0.2) is 41.0 Å². The Labute approximate surface area is 164 Å². The molecule has 0 radical (unpaired) electrons. The number of rotatable bonds is 4. The molecule has 2 aromatic heterocycles. The van der Waals surface area contributed by atoms with E-state index in [0.29, 0.717) is 17.7 Å². The number of furan rings is 1. The van der Waals surface area contributed by atoms with Crippen molar-refractivity contribution < 1.29 is 9.21 Å². The summed E-state index contributed by atoms with van der Waals surface area (Å²) in [7, 11) is 0. The molecule has 144 valence electrons. The number of piperidine rings is 2. The van der Waals surface area contributed by atoms with Crippen LogP contribution in [-0.2, 0) is 6.42 Å². The number of carbonyl (C=O) groups is 1. The summed E-state index contributed by atoms with van der Waals surface area (Å²) >= 11 is 0. The van der Waals surface area contributed by atoms with Gasteiger partial charge >= 0.3 is 0 Å². The van der Waals surface area contributed by atoms with Gasteiger partial charge in [-0.15, -0.1) is 0 Å².